The minimum atomic E-state index is -0.0560. The molecular formula is C18H21N5O. The zero-order chi connectivity index (χ0) is 17.1. The lowest BCUT2D eigenvalue weighted by Crippen LogP contribution is -2.37. The summed E-state index contributed by atoms with van der Waals surface area (Å²) in [6.45, 7) is 6.60. The molecule has 3 heterocycles. The summed E-state index contributed by atoms with van der Waals surface area (Å²) in [6, 6.07) is 3.97. The molecule has 0 spiro atoms. The second-order valence-electron chi connectivity index (χ2n) is 6.01. The third-order valence-corrected chi connectivity index (χ3v) is 4.18. The molecule has 6 heteroatoms. The van der Waals surface area contributed by atoms with E-state index < -0.39 is 0 Å². The number of rotatable bonds is 5. The Morgan fingerprint density at radius 3 is 2.88 bits per heavy atom. The van der Waals surface area contributed by atoms with Crippen molar-refractivity contribution in [2.45, 2.75) is 39.8 Å². The van der Waals surface area contributed by atoms with Gasteiger partial charge in [0, 0.05) is 37.4 Å². The van der Waals surface area contributed by atoms with Crippen LogP contribution in [0.1, 0.15) is 41.8 Å². The highest BCUT2D eigenvalue weighted by Crippen LogP contribution is 2.17. The first-order valence-electron chi connectivity index (χ1n) is 8.10. The molecule has 3 aromatic heterocycles. The second kappa shape index (κ2) is 6.78. The average molecular weight is 323 g/mol. The molecule has 0 aliphatic heterocycles. The Morgan fingerprint density at radius 1 is 1.33 bits per heavy atom. The predicted octanol–water partition coefficient (Wildman–Crippen LogP) is 2.87. The Balaban J connectivity index is 1.95. The summed E-state index contributed by atoms with van der Waals surface area (Å²) in [4.78, 5) is 23.5. The van der Waals surface area contributed by atoms with E-state index in [0.29, 0.717) is 17.8 Å². The van der Waals surface area contributed by atoms with Crippen molar-refractivity contribution >= 4 is 11.6 Å². The third kappa shape index (κ3) is 3.13. The van der Waals surface area contributed by atoms with Gasteiger partial charge in [-0.3, -0.25) is 9.78 Å². The fraction of sp³-hybridized carbons (Fsp3) is 0.333. The summed E-state index contributed by atoms with van der Waals surface area (Å²) >= 11 is 0. The van der Waals surface area contributed by atoms with Crippen molar-refractivity contribution in [1.82, 2.24) is 24.5 Å². The summed E-state index contributed by atoms with van der Waals surface area (Å²) in [5, 5.41) is 4.27. The van der Waals surface area contributed by atoms with E-state index in [1.54, 1.807) is 29.3 Å². The van der Waals surface area contributed by atoms with Crippen LogP contribution >= 0.6 is 0 Å². The molecule has 0 aliphatic carbocycles. The first-order chi connectivity index (χ1) is 11.6. The number of pyridine rings is 1. The maximum Gasteiger partial charge on any atom is 0.259 e. The van der Waals surface area contributed by atoms with E-state index in [1.165, 1.54) is 0 Å². The van der Waals surface area contributed by atoms with Gasteiger partial charge in [-0.15, -0.1) is 0 Å². The SMILES string of the molecule is CCC(C)N(Cc1cccnc1)C(=O)c1cnn2cc(C)cnc12. The summed E-state index contributed by atoms with van der Waals surface area (Å²) in [7, 11) is 0. The zero-order valence-corrected chi connectivity index (χ0v) is 14.2. The zero-order valence-electron chi connectivity index (χ0n) is 14.2. The van der Waals surface area contributed by atoms with Gasteiger partial charge in [0.2, 0.25) is 0 Å². The van der Waals surface area contributed by atoms with Crippen LogP contribution in [0.2, 0.25) is 0 Å². The summed E-state index contributed by atoms with van der Waals surface area (Å²) < 4.78 is 1.65. The molecule has 24 heavy (non-hydrogen) atoms. The number of aromatic nitrogens is 4. The summed E-state index contributed by atoms with van der Waals surface area (Å²) in [6.07, 6.45) is 9.62. The van der Waals surface area contributed by atoms with Crippen molar-refractivity contribution < 1.29 is 4.79 Å². The van der Waals surface area contributed by atoms with Gasteiger partial charge in [-0.05, 0) is 37.5 Å². The number of carbonyl (C=O) groups excluding carboxylic acids is 1. The maximum absolute atomic E-state index is 13.1. The van der Waals surface area contributed by atoms with E-state index >= 15 is 0 Å². The molecule has 0 N–H and O–H groups in total. The monoisotopic (exact) mass is 323 g/mol. The van der Waals surface area contributed by atoms with Gasteiger partial charge in [-0.1, -0.05) is 13.0 Å². The molecule has 0 bridgehead atoms. The van der Waals surface area contributed by atoms with Crippen molar-refractivity contribution in [3.05, 3.63) is 59.8 Å². The van der Waals surface area contributed by atoms with Crippen molar-refractivity contribution in [2.75, 3.05) is 0 Å². The molecule has 0 fully saturated rings. The summed E-state index contributed by atoms with van der Waals surface area (Å²) in [5.74, 6) is -0.0560. The van der Waals surface area contributed by atoms with Gasteiger partial charge in [0.25, 0.3) is 5.91 Å². The van der Waals surface area contributed by atoms with Crippen molar-refractivity contribution in [3.63, 3.8) is 0 Å². The van der Waals surface area contributed by atoms with Gasteiger partial charge in [0.1, 0.15) is 5.56 Å². The Hall–Kier alpha value is -2.76. The van der Waals surface area contributed by atoms with Gasteiger partial charge in [0.15, 0.2) is 5.65 Å². The van der Waals surface area contributed by atoms with Gasteiger partial charge in [0.05, 0.1) is 6.20 Å². The standard InChI is InChI=1S/C18H21N5O/c1-4-14(3)22(12-15-6-5-7-19-9-15)18(24)16-10-21-23-11-13(2)8-20-17(16)23/h5-11,14H,4,12H2,1-3H3. The Morgan fingerprint density at radius 2 is 2.17 bits per heavy atom. The number of carbonyl (C=O) groups is 1. The number of amides is 1. The first kappa shape index (κ1) is 16.1. The van der Waals surface area contributed by atoms with E-state index in [-0.39, 0.29) is 11.9 Å². The second-order valence-corrected chi connectivity index (χ2v) is 6.01. The maximum atomic E-state index is 13.1. The first-order valence-corrected chi connectivity index (χ1v) is 8.10. The predicted molar refractivity (Wildman–Crippen MR) is 91.6 cm³/mol. The number of hydrogen-bond acceptors (Lipinski definition) is 4. The van der Waals surface area contributed by atoms with E-state index in [2.05, 4.69) is 28.9 Å². The normalized spacial score (nSPS) is 12.3. The van der Waals surface area contributed by atoms with Gasteiger partial charge in [-0.2, -0.15) is 5.10 Å². The van der Waals surface area contributed by atoms with Crippen LogP contribution in [0.3, 0.4) is 0 Å². The highest BCUT2D eigenvalue weighted by atomic mass is 16.2. The lowest BCUT2D eigenvalue weighted by atomic mass is 10.1. The van der Waals surface area contributed by atoms with E-state index in [4.69, 9.17) is 0 Å². The topological polar surface area (TPSA) is 63.4 Å². The minimum absolute atomic E-state index is 0.0560. The number of nitrogens with zero attached hydrogens (tertiary/aromatic N) is 5. The van der Waals surface area contributed by atoms with Gasteiger partial charge in [-0.25, -0.2) is 9.50 Å². The number of hydrogen-bond donors (Lipinski definition) is 0. The van der Waals surface area contributed by atoms with Crippen LogP contribution in [0.15, 0.2) is 43.1 Å². The highest BCUT2D eigenvalue weighted by Gasteiger charge is 2.24. The molecule has 0 aromatic carbocycles. The minimum Gasteiger partial charge on any atom is -0.331 e. The molecule has 124 valence electrons. The molecule has 0 aliphatic rings. The van der Waals surface area contributed by atoms with Crippen LogP contribution < -0.4 is 0 Å². The molecule has 1 amide bonds. The quantitative estimate of drug-likeness (QED) is 0.724. The smallest absolute Gasteiger partial charge is 0.259 e. The molecule has 1 atom stereocenters. The van der Waals surface area contributed by atoms with Crippen molar-refractivity contribution in [2.24, 2.45) is 0 Å². The largest absolute Gasteiger partial charge is 0.331 e. The molecule has 0 saturated carbocycles. The Labute approximate surface area is 141 Å². The third-order valence-electron chi connectivity index (χ3n) is 4.18. The van der Waals surface area contributed by atoms with Crippen LogP contribution in [-0.4, -0.2) is 36.4 Å². The lowest BCUT2D eigenvalue weighted by Gasteiger charge is -2.28. The van der Waals surface area contributed by atoms with Crippen LogP contribution in [0.4, 0.5) is 0 Å². The molecule has 6 nitrogen and oxygen atoms in total. The fourth-order valence-electron chi connectivity index (χ4n) is 2.61. The number of fused-ring (bicyclic) bond motifs is 1. The molecule has 1 unspecified atom stereocenters. The number of aryl methyl sites for hydroxylation is 1. The molecule has 3 aromatic rings. The van der Waals surface area contributed by atoms with Crippen molar-refractivity contribution in [1.29, 1.82) is 0 Å². The van der Waals surface area contributed by atoms with Crippen LogP contribution in [-0.2, 0) is 6.54 Å². The molecule has 0 saturated heterocycles. The molecule has 3 rings (SSSR count). The van der Waals surface area contributed by atoms with E-state index in [9.17, 15) is 4.79 Å². The highest BCUT2D eigenvalue weighted by molar-refractivity contribution is 5.99. The van der Waals surface area contributed by atoms with Crippen LogP contribution in [0.5, 0.6) is 0 Å². The van der Waals surface area contributed by atoms with Crippen LogP contribution in [0.25, 0.3) is 5.65 Å². The molecule has 0 radical (unpaired) electrons. The van der Waals surface area contributed by atoms with Gasteiger partial charge < -0.3 is 4.90 Å². The Bertz CT molecular complexity index is 843. The van der Waals surface area contributed by atoms with Gasteiger partial charge >= 0.3 is 0 Å². The van der Waals surface area contributed by atoms with Crippen molar-refractivity contribution in [3.8, 4) is 0 Å². The van der Waals surface area contributed by atoms with E-state index in [1.807, 2.05) is 30.2 Å². The van der Waals surface area contributed by atoms with Crippen LogP contribution in [0, 0.1) is 6.92 Å². The Kier molecular flexibility index (Phi) is 4.55. The van der Waals surface area contributed by atoms with E-state index in [0.717, 1.165) is 17.5 Å². The average Bonchev–Trinajstić information content (AvgIpc) is 3.02. The molecular weight excluding hydrogens is 302 g/mol. The fourth-order valence-corrected chi connectivity index (χ4v) is 2.61. The summed E-state index contributed by atoms with van der Waals surface area (Å²) in [5.41, 5.74) is 3.12. The lowest BCUT2D eigenvalue weighted by molar-refractivity contribution is 0.0673.